The van der Waals surface area contributed by atoms with Gasteiger partial charge >= 0.3 is 21.3 Å². The highest BCUT2D eigenvalue weighted by Gasteiger charge is 2.39. The van der Waals surface area contributed by atoms with Crippen molar-refractivity contribution in [3.05, 3.63) is 37.5 Å². The van der Waals surface area contributed by atoms with Crippen molar-refractivity contribution in [2.24, 2.45) is 0 Å². The summed E-state index contributed by atoms with van der Waals surface area (Å²) in [6.45, 7) is 0. The van der Waals surface area contributed by atoms with E-state index in [1.807, 2.05) is 0 Å². The van der Waals surface area contributed by atoms with E-state index >= 15 is 0 Å². The molecule has 0 N–H and O–H groups in total. The van der Waals surface area contributed by atoms with Crippen LogP contribution < -0.4 is 4.87 Å². The average Bonchev–Trinajstić information content (AvgIpc) is 2.72. The molecule has 23 heavy (non-hydrogen) atoms. The van der Waals surface area contributed by atoms with Gasteiger partial charge in [0.15, 0.2) is 0 Å². The van der Waals surface area contributed by atoms with Crippen LogP contribution >= 0.6 is 11.3 Å². The van der Waals surface area contributed by atoms with Gasteiger partial charge in [-0.1, -0.05) is 11.3 Å². The fourth-order valence-corrected chi connectivity index (χ4v) is 4.11. The maximum Gasteiger partial charge on any atom is 0.418 e. The summed E-state index contributed by atoms with van der Waals surface area (Å²) in [4.78, 5) is 20.6. The van der Waals surface area contributed by atoms with Crippen molar-refractivity contribution in [2.75, 3.05) is 14.1 Å². The lowest BCUT2D eigenvalue weighted by Gasteiger charge is -2.14. The molecule has 8 nitrogen and oxygen atoms in total. The van der Waals surface area contributed by atoms with Crippen molar-refractivity contribution in [1.29, 1.82) is 0 Å². The van der Waals surface area contributed by atoms with Gasteiger partial charge in [0.25, 0.3) is 5.69 Å². The first kappa shape index (κ1) is 17.4. The van der Waals surface area contributed by atoms with Crippen LogP contribution in [0.1, 0.15) is 5.56 Å². The highest BCUT2D eigenvalue weighted by molar-refractivity contribution is 7.87. The summed E-state index contributed by atoms with van der Waals surface area (Å²) in [5.74, 6) is 0. The Hall–Kier alpha value is -1.99. The number of halogens is 3. The number of nitro groups is 1. The largest absolute Gasteiger partial charge is 0.418 e. The van der Waals surface area contributed by atoms with Crippen LogP contribution in [0.15, 0.2) is 16.9 Å². The van der Waals surface area contributed by atoms with Crippen LogP contribution in [0.25, 0.3) is 10.2 Å². The van der Waals surface area contributed by atoms with E-state index in [0.717, 1.165) is 14.1 Å². The molecule has 0 atom stereocenters. The third-order valence-electron chi connectivity index (χ3n) is 2.86. The molecule has 1 aromatic heterocycles. The molecule has 0 spiro atoms. The molecule has 0 aliphatic heterocycles. The number of nitrogens with zero attached hydrogens (tertiary/aromatic N) is 3. The van der Waals surface area contributed by atoms with Crippen LogP contribution in [0.3, 0.4) is 0 Å². The predicted molar refractivity (Wildman–Crippen MR) is 75.7 cm³/mol. The highest BCUT2D eigenvalue weighted by atomic mass is 32.2. The van der Waals surface area contributed by atoms with Gasteiger partial charge in [0, 0.05) is 20.2 Å². The molecule has 0 bridgehead atoms. The summed E-state index contributed by atoms with van der Waals surface area (Å²) in [5, 5.41) is 10.9. The minimum Gasteiger partial charge on any atom is -0.258 e. The number of alkyl halides is 3. The lowest BCUT2D eigenvalue weighted by atomic mass is 10.1. The van der Waals surface area contributed by atoms with Crippen LogP contribution in [-0.2, 0) is 16.4 Å². The summed E-state index contributed by atoms with van der Waals surface area (Å²) in [5.41, 5.74) is -3.26. The van der Waals surface area contributed by atoms with E-state index in [1.165, 1.54) is 0 Å². The van der Waals surface area contributed by atoms with E-state index in [4.69, 9.17) is 0 Å². The number of fused-ring (bicyclic) bond motifs is 1. The molecular formula is C10H8F3N3O5S2. The first-order valence-electron chi connectivity index (χ1n) is 5.72. The van der Waals surface area contributed by atoms with Crippen molar-refractivity contribution in [3.63, 3.8) is 0 Å². The Bertz CT molecular complexity index is 959. The SMILES string of the molecule is CN(C)S(=O)(=O)n1c(=O)sc2c([N+](=O)[O-])ccc(C(F)(F)F)c21. The van der Waals surface area contributed by atoms with E-state index in [0.29, 0.717) is 16.4 Å². The Morgan fingerprint density at radius 3 is 2.30 bits per heavy atom. The van der Waals surface area contributed by atoms with E-state index in [-0.39, 0.29) is 15.3 Å². The normalized spacial score (nSPS) is 13.0. The maximum absolute atomic E-state index is 13.1. The summed E-state index contributed by atoms with van der Waals surface area (Å²) in [6.07, 6.45) is -5.00. The van der Waals surface area contributed by atoms with Crippen LogP contribution in [0.4, 0.5) is 18.9 Å². The van der Waals surface area contributed by atoms with E-state index in [9.17, 15) is 36.5 Å². The molecule has 2 aromatic rings. The third kappa shape index (κ3) is 2.70. The molecule has 0 amide bonds. The van der Waals surface area contributed by atoms with Crippen molar-refractivity contribution in [1.82, 2.24) is 8.28 Å². The molecule has 1 heterocycles. The predicted octanol–water partition coefficient (Wildman–Crippen LogP) is 1.64. The molecule has 0 saturated heterocycles. The van der Waals surface area contributed by atoms with E-state index in [2.05, 4.69) is 0 Å². The smallest absolute Gasteiger partial charge is 0.258 e. The quantitative estimate of drug-likeness (QED) is 0.603. The van der Waals surface area contributed by atoms with Gasteiger partial charge < -0.3 is 0 Å². The standard InChI is InChI=1S/C10H8F3N3O5S2/c1-14(2)23(20,21)15-7-5(10(11,12)13)3-4-6(16(18)19)8(7)22-9(15)17/h3-4H,1-2H3. The number of thiazole rings is 1. The number of non-ortho nitro benzene ring substituents is 1. The molecule has 0 fully saturated rings. The zero-order valence-electron chi connectivity index (χ0n) is 11.5. The zero-order chi connectivity index (χ0) is 17.7. The van der Waals surface area contributed by atoms with Gasteiger partial charge in [-0.3, -0.25) is 14.9 Å². The lowest BCUT2D eigenvalue weighted by Crippen LogP contribution is -2.34. The van der Waals surface area contributed by atoms with Gasteiger partial charge in [0.2, 0.25) is 0 Å². The number of aromatic nitrogens is 1. The first-order chi connectivity index (χ1) is 10.4. The Labute approximate surface area is 130 Å². The minimum absolute atomic E-state index is 0.0666. The molecule has 0 aliphatic rings. The van der Waals surface area contributed by atoms with Gasteiger partial charge in [-0.05, 0) is 6.07 Å². The fourth-order valence-electron chi connectivity index (χ4n) is 1.83. The third-order valence-corrected chi connectivity index (χ3v) is 5.68. The fraction of sp³-hybridized carbons (Fsp3) is 0.300. The van der Waals surface area contributed by atoms with Crippen molar-refractivity contribution < 1.29 is 26.5 Å². The number of benzene rings is 1. The summed E-state index contributed by atoms with van der Waals surface area (Å²) < 4.78 is 63.5. The topological polar surface area (TPSA) is 103 Å². The van der Waals surface area contributed by atoms with Crippen molar-refractivity contribution in [2.45, 2.75) is 6.18 Å². The summed E-state index contributed by atoms with van der Waals surface area (Å²) in [7, 11) is -2.54. The summed E-state index contributed by atoms with van der Waals surface area (Å²) in [6, 6.07) is 0.974. The second kappa shape index (κ2) is 5.28. The van der Waals surface area contributed by atoms with Gasteiger partial charge in [0.1, 0.15) is 4.70 Å². The number of hydrogen-bond donors (Lipinski definition) is 0. The first-order valence-corrected chi connectivity index (χ1v) is 7.93. The maximum atomic E-state index is 13.1. The molecule has 0 unspecified atom stereocenters. The number of nitro benzene ring substituents is 1. The second-order valence-electron chi connectivity index (χ2n) is 4.49. The van der Waals surface area contributed by atoms with Gasteiger partial charge in [-0.25, -0.2) is 0 Å². The highest BCUT2D eigenvalue weighted by Crippen LogP contribution is 2.39. The van der Waals surface area contributed by atoms with E-state index in [1.54, 1.807) is 0 Å². The van der Waals surface area contributed by atoms with Crippen LogP contribution in [0, 0.1) is 10.1 Å². The molecule has 0 radical (unpaired) electrons. The molecule has 1 aromatic carbocycles. The number of hydrogen-bond acceptors (Lipinski definition) is 6. The van der Waals surface area contributed by atoms with Crippen LogP contribution in [-0.4, -0.2) is 35.7 Å². The van der Waals surface area contributed by atoms with Crippen molar-refractivity contribution in [3.8, 4) is 0 Å². The Balaban J connectivity index is 3.12. The Kier molecular flexibility index (Phi) is 3.99. The number of rotatable bonds is 3. The van der Waals surface area contributed by atoms with Crippen LogP contribution in [0.2, 0.25) is 0 Å². The lowest BCUT2D eigenvalue weighted by molar-refractivity contribution is -0.382. The molecular weight excluding hydrogens is 363 g/mol. The molecule has 0 saturated carbocycles. The Morgan fingerprint density at radius 1 is 1.30 bits per heavy atom. The van der Waals surface area contributed by atoms with E-state index < -0.39 is 47.6 Å². The van der Waals surface area contributed by atoms with Gasteiger partial charge in [0.05, 0.1) is 16.0 Å². The monoisotopic (exact) mass is 371 g/mol. The average molecular weight is 371 g/mol. The molecule has 2 rings (SSSR count). The molecule has 126 valence electrons. The second-order valence-corrected chi connectivity index (χ2v) is 7.44. The molecule has 13 heteroatoms. The van der Waals surface area contributed by atoms with Crippen LogP contribution in [0.5, 0.6) is 0 Å². The Morgan fingerprint density at radius 2 is 1.87 bits per heavy atom. The van der Waals surface area contributed by atoms with Crippen molar-refractivity contribution >= 4 is 37.5 Å². The summed E-state index contributed by atoms with van der Waals surface area (Å²) >= 11 is 0.0682. The molecule has 0 aliphatic carbocycles. The zero-order valence-corrected chi connectivity index (χ0v) is 13.1. The van der Waals surface area contributed by atoms with Gasteiger partial charge in [-0.2, -0.15) is 29.9 Å². The minimum atomic E-state index is -5.00. The van der Waals surface area contributed by atoms with Gasteiger partial charge in [-0.15, -0.1) is 0 Å².